The molecule has 8 nitrogen and oxygen atoms in total. The second kappa shape index (κ2) is 13.7. The quantitative estimate of drug-likeness (QED) is 0.333. The predicted molar refractivity (Wildman–Crippen MR) is 155 cm³/mol. The van der Waals surface area contributed by atoms with Crippen LogP contribution in [0.25, 0.3) is 0 Å². The maximum atomic E-state index is 14.0. The molecule has 0 aliphatic rings. The van der Waals surface area contributed by atoms with E-state index < -0.39 is 34.4 Å². The van der Waals surface area contributed by atoms with Gasteiger partial charge in [-0.05, 0) is 42.3 Å². The highest BCUT2D eigenvalue weighted by atomic mass is 35.5. The van der Waals surface area contributed by atoms with Gasteiger partial charge in [-0.25, -0.2) is 8.42 Å². The molecular weight excluding hydrogens is 561 g/mol. The number of anilines is 1. The van der Waals surface area contributed by atoms with Crippen molar-refractivity contribution in [3.63, 3.8) is 0 Å². The Labute approximate surface area is 239 Å². The Morgan fingerprint density at radius 1 is 0.949 bits per heavy atom. The summed E-state index contributed by atoms with van der Waals surface area (Å²) < 4.78 is 32.5. The molecule has 0 aromatic heterocycles. The Hall–Kier alpha value is -3.27. The van der Waals surface area contributed by atoms with Crippen molar-refractivity contribution in [1.29, 1.82) is 0 Å². The van der Waals surface area contributed by atoms with Crippen molar-refractivity contribution in [1.82, 2.24) is 10.2 Å². The van der Waals surface area contributed by atoms with Crippen LogP contribution >= 0.6 is 23.2 Å². The van der Waals surface area contributed by atoms with Crippen molar-refractivity contribution in [2.24, 2.45) is 0 Å². The Kier molecular flexibility index (Phi) is 10.6. The number of nitrogens with one attached hydrogen (secondary N) is 1. The van der Waals surface area contributed by atoms with Crippen molar-refractivity contribution in [2.45, 2.75) is 25.9 Å². The summed E-state index contributed by atoms with van der Waals surface area (Å²) in [7, 11) is -2.43. The van der Waals surface area contributed by atoms with Crippen molar-refractivity contribution >= 4 is 50.7 Å². The lowest BCUT2D eigenvalue weighted by Crippen LogP contribution is -2.52. The number of benzene rings is 3. The van der Waals surface area contributed by atoms with Crippen LogP contribution in [-0.4, -0.2) is 57.6 Å². The van der Waals surface area contributed by atoms with Gasteiger partial charge in [-0.2, -0.15) is 0 Å². The molecule has 0 radical (unpaired) electrons. The van der Waals surface area contributed by atoms with Gasteiger partial charge in [0.05, 0.1) is 28.6 Å². The third-order valence-corrected chi connectivity index (χ3v) is 7.83. The Morgan fingerprint density at radius 2 is 1.62 bits per heavy atom. The molecular formula is C28H31Cl2N3O5S. The smallest absolute Gasteiger partial charge is 0.244 e. The summed E-state index contributed by atoms with van der Waals surface area (Å²) >= 11 is 12.3. The summed E-state index contributed by atoms with van der Waals surface area (Å²) in [4.78, 5) is 28.5. The van der Waals surface area contributed by atoms with Crippen LogP contribution in [0.5, 0.6) is 5.75 Å². The highest BCUT2D eigenvalue weighted by molar-refractivity contribution is 7.92. The molecule has 3 aromatic rings. The number of sulfonamides is 1. The first kappa shape index (κ1) is 30.3. The number of amides is 2. The molecule has 0 aliphatic heterocycles. The topological polar surface area (TPSA) is 96.0 Å². The van der Waals surface area contributed by atoms with Gasteiger partial charge in [-0.15, -0.1) is 0 Å². The Balaban J connectivity index is 2.07. The molecule has 0 aliphatic carbocycles. The van der Waals surface area contributed by atoms with Gasteiger partial charge in [-0.3, -0.25) is 13.9 Å². The van der Waals surface area contributed by atoms with E-state index in [0.717, 1.165) is 16.1 Å². The fourth-order valence-electron chi connectivity index (χ4n) is 4.09. The van der Waals surface area contributed by atoms with Crippen molar-refractivity contribution in [2.75, 3.05) is 30.8 Å². The number of halogens is 2. The van der Waals surface area contributed by atoms with Gasteiger partial charge in [0, 0.05) is 20.0 Å². The van der Waals surface area contributed by atoms with Crippen LogP contribution in [0.1, 0.15) is 18.1 Å². The molecule has 0 heterocycles. The minimum absolute atomic E-state index is 0.00858. The van der Waals surface area contributed by atoms with Gasteiger partial charge in [0.25, 0.3) is 0 Å². The van der Waals surface area contributed by atoms with E-state index in [4.69, 9.17) is 27.9 Å². The number of hydrogen-bond acceptors (Lipinski definition) is 5. The molecule has 39 heavy (non-hydrogen) atoms. The summed E-state index contributed by atoms with van der Waals surface area (Å²) in [5.74, 6) is -0.656. The molecule has 208 valence electrons. The van der Waals surface area contributed by atoms with Crippen molar-refractivity contribution in [3.05, 3.63) is 94.0 Å². The van der Waals surface area contributed by atoms with Crippen LogP contribution in [0.3, 0.4) is 0 Å². The fourth-order valence-corrected chi connectivity index (χ4v) is 5.26. The first-order valence-electron chi connectivity index (χ1n) is 12.2. The lowest BCUT2D eigenvalue weighted by atomic mass is 10.0. The monoisotopic (exact) mass is 591 g/mol. The Bertz CT molecular complexity index is 1400. The number of rotatable bonds is 12. The van der Waals surface area contributed by atoms with Crippen LogP contribution in [0.2, 0.25) is 10.0 Å². The maximum absolute atomic E-state index is 14.0. The van der Waals surface area contributed by atoms with E-state index in [-0.39, 0.29) is 18.7 Å². The molecule has 3 aromatic carbocycles. The summed E-state index contributed by atoms with van der Waals surface area (Å²) in [6, 6.07) is 19.8. The molecule has 0 spiro atoms. The van der Waals surface area contributed by atoms with Gasteiger partial charge in [0.15, 0.2) is 0 Å². The average molecular weight is 593 g/mol. The minimum atomic E-state index is -3.92. The lowest BCUT2D eigenvalue weighted by Gasteiger charge is -2.33. The first-order chi connectivity index (χ1) is 18.5. The predicted octanol–water partition coefficient (Wildman–Crippen LogP) is 4.54. The average Bonchev–Trinajstić information content (AvgIpc) is 2.91. The van der Waals surface area contributed by atoms with E-state index in [2.05, 4.69) is 5.32 Å². The molecule has 2 amide bonds. The van der Waals surface area contributed by atoms with E-state index in [0.29, 0.717) is 28.0 Å². The maximum Gasteiger partial charge on any atom is 0.244 e. The van der Waals surface area contributed by atoms with Gasteiger partial charge in [0.1, 0.15) is 18.3 Å². The summed E-state index contributed by atoms with van der Waals surface area (Å²) in [6.45, 7) is 1.53. The molecule has 3 rings (SSSR count). The number of carbonyl (C=O) groups is 2. The standard InChI is InChI=1S/C28H31Cl2N3O5S/c1-4-38-26-13-9-8-12-24(26)33(39(3,36)37)19-27(34)32(18-21-14-15-22(29)23(30)16-21)25(28(35)31-2)17-20-10-6-5-7-11-20/h5-16,25H,4,17-19H2,1-3H3,(H,31,35)/t25-/m0/s1. The van der Waals surface area contributed by atoms with Crippen LogP contribution in [-0.2, 0) is 32.6 Å². The third-order valence-electron chi connectivity index (χ3n) is 5.97. The fraction of sp³-hybridized carbons (Fsp3) is 0.286. The van der Waals surface area contributed by atoms with Crippen LogP contribution in [0, 0.1) is 0 Å². The molecule has 11 heteroatoms. The first-order valence-corrected chi connectivity index (χ1v) is 14.8. The largest absolute Gasteiger partial charge is 0.492 e. The number of hydrogen-bond donors (Lipinski definition) is 1. The molecule has 0 unspecified atom stereocenters. The highest BCUT2D eigenvalue weighted by Gasteiger charge is 2.33. The summed E-state index contributed by atoms with van der Waals surface area (Å²) in [6.07, 6.45) is 1.23. The second-order valence-electron chi connectivity index (χ2n) is 8.76. The van der Waals surface area contributed by atoms with E-state index >= 15 is 0 Å². The zero-order valence-corrected chi connectivity index (χ0v) is 24.3. The number of carbonyl (C=O) groups excluding carboxylic acids is 2. The van der Waals surface area contributed by atoms with Crippen molar-refractivity contribution < 1.29 is 22.7 Å². The SMILES string of the molecule is CCOc1ccccc1N(CC(=O)N(Cc1ccc(Cl)c(Cl)c1)[C@@H](Cc1ccccc1)C(=O)NC)S(C)(=O)=O. The summed E-state index contributed by atoms with van der Waals surface area (Å²) in [5, 5.41) is 3.28. The van der Waals surface area contributed by atoms with E-state index in [1.807, 2.05) is 30.3 Å². The lowest BCUT2D eigenvalue weighted by molar-refractivity contribution is -0.139. The molecule has 0 saturated heterocycles. The van der Waals surface area contributed by atoms with E-state index in [1.54, 1.807) is 49.4 Å². The van der Waals surface area contributed by atoms with Gasteiger partial charge in [0.2, 0.25) is 21.8 Å². The van der Waals surface area contributed by atoms with Gasteiger partial charge >= 0.3 is 0 Å². The third kappa shape index (κ3) is 8.11. The van der Waals surface area contributed by atoms with Crippen LogP contribution in [0.4, 0.5) is 5.69 Å². The number of para-hydroxylation sites is 2. The van der Waals surface area contributed by atoms with E-state index in [1.165, 1.54) is 11.9 Å². The molecule has 1 N–H and O–H groups in total. The molecule has 0 saturated carbocycles. The Morgan fingerprint density at radius 3 is 2.23 bits per heavy atom. The molecule has 1 atom stereocenters. The zero-order chi connectivity index (χ0) is 28.6. The normalized spacial score (nSPS) is 11.9. The van der Waals surface area contributed by atoms with E-state index in [9.17, 15) is 18.0 Å². The van der Waals surface area contributed by atoms with Gasteiger partial charge in [-0.1, -0.05) is 71.7 Å². The zero-order valence-electron chi connectivity index (χ0n) is 21.9. The number of nitrogens with zero attached hydrogens (tertiary/aromatic N) is 2. The second-order valence-corrected chi connectivity index (χ2v) is 11.5. The number of likely N-dealkylation sites (N-methyl/N-ethyl adjacent to an activating group) is 1. The van der Waals surface area contributed by atoms with Crippen LogP contribution < -0.4 is 14.4 Å². The molecule has 0 fully saturated rings. The highest BCUT2D eigenvalue weighted by Crippen LogP contribution is 2.30. The summed E-state index contributed by atoms with van der Waals surface area (Å²) in [5.41, 5.74) is 1.68. The van der Waals surface area contributed by atoms with Crippen LogP contribution in [0.15, 0.2) is 72.8 Å². The molecule has 0 bridgehead atoms. The minimum Gasteiger partial charge on any atom is -0.492 e. The van der Waals surface area contributed by atoms with Gasteiger partial charge < -0.3 is 15.0 Å². The van der Waals surface area contributed by atoms with Crippen molar-refractivity contribution in [3.8, 4) is 5.75 Å². The number of ether oxygens (including phenoxy) is 1.